The monoisotopic (exact) mass is 589 g/mol. The molecule has 35 heavy (non-hydrogen) atoms. The van der Waals surface area contributed by atoms with Crippen LogP contribution in [0.15, 0.2) is 30.5 Å². The van der Waals surface area contributed by atoms with Crippen molar-refractivity contribution in [1.82, 2.24) is 20.5 Å². The normalized spacial score (nSPS) is 17.3. The molecule has 0 saturated carbocycles. The number of rotatable bonds is 8. The number of benzene rings is 1. The molecule has 2 aliphatic heterocycles. The Morgan fingerprint density at radius 1 is 1.14 bits per heavy atom. The number of carbonyl (C=O) groups excluding carboxylic acids is 5. The molecule has 1 saturated heterocycles. The number of imide groups is 2. The van der Waals surface area contributed by atoms with Crippen molar-refractivity contribution in [1.29, 1.82) is 0 Å². The summed E-state index contributed by atoms with van der Waals surface area (Å²) in [5.74, 6) is -2.35. The van der Waals surface area contributed by atoms with Crippen LogP contribution in [0.1, 0.15) is 62.5 Å². The molecule has 182 valence electrons. The third-order valence-electron chi connectivity index (χ3n) is 5.97. The summed E-state index contributed by atoms with van der Waals surface area (Å²) in [7, 11) is 0. The number of hydrogen-bond donors (Lipinski definition) is 3. The minimum absolute atomic E-state index is 0.0740. The Labute approximate surface area is 215 Å². The van der Waals surface area contributed by atoms with Crippen LogP contribution in [0.5, 0.6) is 0 Å². The first-order chi connectivity index (χ1) is 16.8. The van der Waals surface area contributed by atoms with Crippen LogP contribution in [0.3, 0.4) is 0 Å². The van der Waals surface area contributed by atoms with Crippen LogP contribution in [0, 0.1) is 10.5 Å². The van der Waals surface area contributed by atoms with Crippen LogP contribution in [0.2, 0.25) is 0 Å². The zero-order valence-corrected chi connectivity index (χ0v) is 21.2. The fourth-order valence-corrected chi connectivity index (χ4v) is 4.68. The first kappa shape index (κ1) is 24.8. The van der Waals surface area contributed by atoms with E-state index in [9.17, 15) is 24.0 Å². The number of hydrogen-bond acceptors (Lipinski definition) is 7. The Morgan fingerprint density at radius 2 is 1.91 bits per heavy atom. The molecule has 5 amide bonds. The molecule has 4 rings (SSSR count). The van der Waals surface area contributed by atoms with E-state index in [1.165, 1.54) is 0 Å². The van der Waals surface area contributed by atoms with Crippen LogP contribution in [0.4, 0.5) is 5.69 Å². The lowest BCUT2D eigenvalue weighted by Gasteiger charge is -2.27. The van der Waals surface area contributed by atoms with E-state index in [1.807, 2.05) is 13.0 Å². The van der Waals surface area contributed by atoms with Crippen molar-refractivity contribution < 1.29 is 24.0 Å². The van der Waals surface area contributed by atoms with Gasteiger partial charge >= 0.3 is 0 Å². The number of pyridine rings is 1. The van der Waals surface area contributed by atoms with Crippen molar-refractivity contribution in [2.75, 3.05) is 18.4 Å². The highest BCUT2D eigenvalue weighted by Gasteiger charge is 2.45. The van der Waals surface area contributed by atoms with Crippen molar-refractivity contribution in [2.24, 2.45) is 0 Å². The molecule has 0 spiro atoms. The molecule has 3 heterocycles. The van der Waals surface area contributed by atoms with Crippen LogP contribution in [0.25, 0.3) is 0 Å². The summed E-state index contributed by atoms with van der Waals surface area (Å²) in [6.45, 7) is 2.92. The van der Waals surface area contributed by atoms with E-state index >= 15 is 0 Å². The van der Waals surface area contributed by atoms with Gasteiger partial charge in [-0.15, -0.1) is 0 Å². The third kappa shape index (κ3) is 5.04. The highest BCUT2D eigenvalue weighted by molar-refractivity contribution is 14.1. The number of piperidine rings is 1. The molecule has 10 nitrogen and oxygen atoms in total. The molecule has 1 aromatic heterocycles. The maximum absolute atomic E-state index is 13.1. The first-order valence-corrected chi connectivity index (χ1v) is 12.3. The van der Waals surface area contributed by atoms with E-state index in [0.717, 1.165) is 14.0 Å². The smallest absolute Gasteiger partial charge is 0.270 e. The van der Waals surface area contributed by atoms with Gasteiger partial charge in [0.2, 0.25) is 11.8 Å². The molecule has 0 bridgehead atoms. The number of halogens is 1. The van der Waals surface area contributed by atoms with Crippen LogP contribution in [-0.4, -0.2) is 58.6 Å². The minimum Gasteiger partial charge on any atom is -0.384 e. The number of nitrogens with one attached hydrogen (secondary N) is 3. The molecule has 0 radical (unpaired) electrons. The molecule has 0 aliphatic carbocycles. The molecule has 1 aromatic carbocycles. The van der Waals surface area contributed by atoms with Gasteiger partial charge in [-0.1, -0.05) is 6.07 Å². The van der Waals surface area contributed by atoms with E-state index in [-0.39, 0.29) is 29.9 Å². The maximum Gasteiger partial charge on any atom is 0.270 e. The van der Waals surface area contributed by atoms with Gasteiger partial charge in [-0.05, 0) is 72.5 Å². The summed E-state index contributed by atoms with van der Waals surface area (Å²) < 4.78 is 0.827. The predicted molar refractivity (Wildman–Crippen MR) is 135 cm³/mol. The zero-order chi connectivity index (χ0) is 25.1. The summed E-state index contributed by atoms with van der Waals surface area (Å²) in [4.78, 5) is 67.1. The van der Waals surface area contributed by atoms with Crippen molar-refractivity contribution in [3.8, 4) is 0 Å². The second-order valence-electron chi connectivity index (χ2n) is 8.36. The quantitative estimate of drug-likeness (QED) is 0.244. The molecular formula is C24H24IN5O5. The first-order valence-electron chi connectivity index (χ1n) is 11.3. The topological polar surface area (TPSA) is 138 Å². The lowest BCUT2D eigenvalue weighted by Crippen LogP contribution is -2.54. The van der Waals surface area contributed by atoms with E-state index in [1.54, 1.807) is 24.4 Å². The number of fused-ring (bicyclic) bond motifs is 1. The number of unbranched alkanes of at least 4 members (excludes halogenated alkanes) is 1. The lowest BCUT2D eigenvalue weighted by molar-refractivity contribution is -0.136. The fraction of sp³-hybridized carbons (Fsp3) is 0.333. The number of anilines is 1. The number of nitrogens with zero attached hydrogens (tertiary/aromatic N) is 2. The van der Waals surface area contributed by atoms with E-state index in [2.05, 4.69) is 43.5 Å². The van der Waals surface area contributed by atoms with Crippen LogP contribution >= 0.6 is 22.6 Å². The standard InChI is InChI=1S/C24H24IN5O5/c1-13-9-12-27-20(19(13)25)22(33)28-11-3-2-10-26-15-6-4-5-14-18(15)24(35)30(23(14)34)16-7-8-17(31)29-21(16)32/h4-6,9,12,16,26H,2-3,7-8,10-11H2,1H3,(H,28,33)(H,29,31,32). The summed E-state index contributed by atoms with van der Waals surface area (Å²) in [5.41, 5.74) is 2.38. The van der Waals surface area contributed by atoms with Gasteiger partial charge < -0.3 is 10.6 Å². The molecule has 1 unspecified atom stereocenters. The Morgan fingerprint density at radius 3 is 2.69 bits per heavy atom. The number of aromatic nitrogens is 1. The van der Waals surface area contributed by atoms with E-state index < -0.39 is 29.7 Å². The number of carbonyl (C=O) groups is 5. The number of aryl methyl sites for hydroxylation is 1. The van der Waals surface area contributed by atoms with Gasteiger partial charge in [-0.25, -0.2) is 4.98 Å². The minimum atomic E-state index is -0.998. The van der Waals surface area contributed by atoms with Gasteiger partial charge in [0.05, 0.1) is 11.1 Å². The Bertz CT molecular complexity index is 1230. The molecular weight excluding hydrogens is 565 g/mol. The van der Waals surface area contributed by atoms with Gasteiger partial charge in [-0.3, -0.25) is 34.2 Å². The molecule has 1 fully saturated rings. The summed E-state index contributed by atoms with van der Waals surface area (Å²) in [6.07, 6.45) is 3.21. The van der Waals surface area contributed by atoms with Gasteiger partial charge in [-0.2, -0.15) is 0 Å². The Kier molecular flexibility index (Phi) is 7.43. The molecule has 2 aromatic rings. The molecule has 2 aliphatic rings. The largest absolute Gasteiger partial charge is 0.384 e. The lowest BCUT2D eigenvalue weighted by atomic mass is 10.0. The van der Waals surface area contributed by atoms with Crippen LogP contribution in [-0.2, 0) is 9.59 Å². The van der Waals surface area contributed by atoms with Crippen LogP contribution < -0.4 is 16.0 Å². The second-order valence-corrected chi connectivity index (χ2v) is 9.43. The second kappa shape index (κ2) is 10.5. The van der Waals surface area contributed by atoms with E-state index in [4.69, 9.17) is 0 Å². The average Bonchev–Trinajstić information content (AvgIpc) is 3.08. The van der Waals surface area contributed by atoms with Crippen molar-refractivity contribution in [3.05, 3.63) is 56.4 Å². The summed E-state index contributed by atoms with van der Waals surface area (Å²) >= 11 is 2.11. The van der Waals surface area contributed by atoms with Crippen molar-refractivity contribution in [3.63, 3.8) is 0 Å². The SMILES string of the molecule is Cc1ccnc(C(=O)NCCCCNc2cccc3c2C(=O)N(C2CCC(=O)NC2=O)C3=O)c1I. The highest BCUT2D eigenvalue weighted by atomic mass is 127. The summed E-state index contributed by atoms with van der Waals surface area (Å²) in [6, 6.07) is 5.81. The fourth-order valence-electron chi connectivity index (χ4n) is 4.12. The Balaban J connectivity index is 1.31. The van der Waals surface area contributed by atoms with E-state index in [0.29, 0.717) is 37.3 Å². The average molecular weight is 589 g/mol. The maximum atomic E-state index is 13.1. The van der Waals surface area contributed by atoms with Crippen molar-refractivity contribution in [2.45, 2.75) is 38.6 Å². The summed E-state index contributed by atoms with van der Waals surface area (Å²) in [5, 5.41) is 8.25. The Hall–Kier alpha value is -3.35. The molecule has 1 atom stereocenters. The van der Waals surface area contributed by atoms with Gasteiger partial charge in [0, 0.05) is 35.0 Å². The van der Waals surface area contributed by atoms with Gasteiger partial charge in [0.25, 0.3) is 17.7 Å². The third-order valence-corrected chi connectivity index (χ3v) is 7.33. The number of amides is 5. The highest BCUT2D eigenvalue weighted by Crippen LogP contribution is 2.32. The molecule has 3 N–H and O–H groups in total. The van der Waals surface area contributed by atoms with Gasteiger partial charge in [0.1, 0.15) is 11.7 Å². The molecule has 11 heteroatoms. The van der Waals surface area contributed by atoms with Crippen molar-refractivity contribution >= 4 is 57.8 Å². The van der Waals surface area contributed by atoms with Gasteiger partial charge in [0.15, 0.2) is 0 Å². The predicted octanol–water partition coefficient (Wildman–Crippen LogP) is 2.02. The zero-order valence-electron chi connectivity index (χ0n) is 19.0.